The van der Waals surface area contributed by atoms with E-state index in [9.17, 15) is 26.7 Å². The summed E-state index contributed by atoms with van der Waals surface area (Å²) in [6, 6.07) is 5.64. The first-order valence-electron chi connectivity index (χ1n) is 5.91. The van der Waals surface area contributed by atoms with Crippen LogP contribution in [0, 0.1) is 6.92 Å². The average molecular weight is 295 g/mol. The minimum atomic E-state index is -5.90. The third-order valence-electron chi connectivity index (χ3n) is 2.83. The van der Waals surface area contributed by atoms with Gasteiger partial charge in [-0.3, -0.25) is 4.79 Å². The van der Waals surface area contributed by atoms with E-state index in [0.29, 0.717) is 5.56 Å². The second-order valence-electron chi connectivity index (χ2n) is 4.42. The minimum Gasteiger partial charge on any atom is -0.344 e. The van der Waals surface area contributed by atoms with E-state index in [1.54, 1.807) is 43.4 Å². The molecule has 0 aromatic heterocycles. The zero-order valence-electron chi connectivity index (χ0n) is 10.9. The highest BCUT2D eigenvalue weighted by atomic mass is 19.4. The first-order valence-corrected chi connectivity index (χ1v) is 5.91. The van der Waals surface area contributed by atoms with Crippen molar-refractivity contribution in [3.8, 4) is 0 Å². The fraction of sp³-hybridized carbons (Fsp3) is 0.462. The molecule has 7 heteroatoms. The molecule has 1 amide bonds. The van der Waals surface area contributed by atoms with Crippen molar-refractivity contribution in [2.45, 2.75) is 38.4 Å². The quantitative estimate of drug-likeness (QED) is 0.842. The number of carbonyl (C=O) groups is 1. The number of benzene rings is 1. The van der Waals surface area contributed by atoms with Crippen LogP contribution in [0.3, 0.4) is 0 Å². The fourth-order valence-corrected chi connectivity index (χ4v) is 1.60. The lowest BCUT2D eigenvalue weighted by molar-refractivity contribution is -0.270. The largest absolute Gasteiger partial charge is 0.463 e. The number of rotatable bonds is 4. The van der Waals surface area contributed by atoms with E-state index in [4.69, 9.17) is 0 Å². The first-order chi connectivity index (χ1) is 9.09. The van der Waals surface area contributed by atoms with Gasteiger partial charge in [-0.1, -0.05) is 36.8 Å². The van der Waals surface area contributed by atoms with Crippen LogP contribution < -0.4 is 5.32 Å². The first kappa shape index (κ1) is 16.4. The Morgan fingerprint density at radius 3 is 2.05 bits per heavy atom. The molecule has 0 aliphatic carbocycles. The molecule has 0 saturated heterocycles. The molecule has 1 aromatic rings. The zero-order chi connectivity index (χ0) is 15.6. The number of hydrogen-bond acceptors (Lipinski definition) is 1. The third-order valence-corrected chi connectivity index (χ3v) is 2.83. The van der Waals surface area contributed by atoms with Crippen molar-refractivity contribution in [3.05, 3.63) is 35.4 Å². The van der Waals surface area contributed by atoms with Crippen molar-refractivity contribution in [2.24, 2.45) is 0 Å². The molecule has 0 aliphatic rings. The third kappa shape index (κ3) is 3.46. The van der Waals surface area contributed by atoms with Gasteiger partial charge >= 0.3 is 18.0 Å². The van der Waals surface area contributed by atoms with E-state index in [1.807, 2.05) is 0 Å². The van der Waals surface area contributed by atoms with Gasteiger partial charge in [0.15, 0.2) is 0 Å². The van der Waals surface area contributed by atoms with E-state index >= 15 is 0 Å². The predicted octanol–water partition coefficient (Wildman–Crippen LogP) is 3.76. The second kappa shape index (κ2) is 5.76. The van der Waals surface area contributed by atoms with Gasteiger partial charge in [-0.2, -0.15) is 22.0 Å². The molecule has 0 aliphatic heterocycles. The van der Waals surface area contributed by atoms with Gasteiger partial charge in [-0.25, -0.2) is 0 Å². The number of nitrogens with one attached hydrogen (secondary N) is 1. The van der Waals surface area contributed by atoms with Crippen LogP contribution in [0.25, 0.3) is 0 Å². The Labute approximate surface area is 113 Å². The van der Waals surface area contributed by atoms with Crippen molar-refractivity contribution >= 4 is 5.91 Å². The van der Waals surface area contributed by atoms with Gasteiger partial charge in [-0.05, 0) is 18.9 Å². The number of carbonyl (C=O) groups excluding carboxylic acids is 1. The highest BCUT2D eigenvalue weighted by molar-refractivity contribution is 5.84. The summed E-state index contributed by atoms with van der Waals surface area (Å²) in [5, 5.41) is 1.74. The van der Waals surface area contributed by atoms with Gasteiger partial charge in [0, 0.05) is 0 Å². The molecule has 1 rings (SSSR count). The number of hydrogen-bond donors (Lipinski definition) is 1. The van der Waals surface area contributed by atoms with Crippen molar-refractivity contribution in [3.63, 3.8) is 0 Å². The van der Waals surface area contributed by atoms with E-state index in [2.05, 4.69) is 0 Å². The predicted molar refractivity (Wildman–Crippen MR) is 63.4 cm³/mol. The average Bonchev–Trinajstić information content (AvgIpc) is 2.35. The Kier molecular flexibility index (Phi) is 4.73. The maximum Gasteiger partial charge on any atom is 0.463 e. The van der Waals surface area contributed by atoms with Crippen LogP contribution >= 0.6 is 0 Å². The molecule has 112 valence electrons. The van der Waals surface area contributed by atoms with E-state index in [0.717, 1.165) is 5.56 Å². The number of halogens is 5. The van der Waals surface area contributed by atoms with Crippen molar-refractivity contribution in [1.29, 1.82) is 0 Å². The van der Waals surface area contributed by atoms with E-state index in [1.165, 1.54) is 0 Å². The summed E-state index contributed by atoms with van der Waals surface area (Å²) >= 11 is 0. The number of alkyl halides is 5. The Morgan fingerprint density at radius 2 is 1.65 bits per heavy atom. The number of aryl methyl sites for hydroxylation is 1. The van der Waals surface area contributed by atoms with Crippen LogP contribution in [0.5, 0.6) is 0 Å². The molecule has 0 saturated carbocycles. The molecule has 1 aromatic carbocycles. The topological polar surface area (TPSA) is 29.1 Å². The molecule has 0 bridgehead atoms. The molecule has 2 nitrogen and oxygen atoms in total. The molecule has 0 radical (unpaired) electrons. The van der Waals surface area contributed by atoms with Gasteiger partial charge in [-0.15, -0.1) is 0 Å². The summed E-state index contributed by atoms with van der Waals surface area (Å²) in [7, 11) is 0. The molecular formula is C13H14F5NO. The Bertz CT molecular complexity index is 467. The van der Waals surface area contributed by atoms with Crippen LogP contribution in [0.2, 0.25) is 0 Å². The summed E-state index contributed by atoms with van der Waals surface area (Å²) < 4.78 is 62.0. The standard InChI is InChI=1S/C13H14F5NO/c1-3-10(9-6-4-8(2)5-7-9)19-11(20)12(14,15)13(16,17)18/h4-7,10H,3H2,1-2H3,(H,19,20). The minimum absolute atomic E-state index is 0.197. The molecule has 0 spiro atoms. The van der Waals surface area contributed by atoms with Crippen LogP contribution in [-0.2, 0) is 4.79 Å². The van der Waals surface area contributed by atoms with Crippen LogP contribution in [0.4, 0.5) is 22.0 Å². The van der Waals surface area contributed by atoms with E-state index in [-0.39, 0.29) is 6.42 Å². The summed E-state index contributed by atoms with van der Waals surface area (Å²) in [6.45, 7) is 3.39. The molecular weight excluding hydrogens is 281 g/mol. The highest BCUT2D eigenvalue weighted by Crippen LogP contribution is 2.36. The van der Waals surface area contributed by atoms with Crippen LogP contribution in [0.1, 0.15) is 30.5 Å². The summed E-state index contributed by atoms with van der Waals surface area (Å²) in [6.07, 6.45) is -5.70. The Balaban J connectivity index is 2.89. The molecule has 0 heterocycles. The lowest BCUT2D eigenvalue weighted by atomic mass is 10.0. The van der Waals surface area contributed by atoms with Crippen LogP contribution in [-0.4, -0.2) is 18.0 Å². The van der Waals surface area contributed by atoms with Gasteiger partial charge in [0.05, 0.1) is 6.04 Å². The van der Waals surface area contributed by atoms with Gasteiger partial charge in [0.2, 0.25) is 0 Å². The molecule has 1 unspecified atom stereocenters. The Hall–Kier alpha value is -1.66. The van der Waals surface area contributed by atoms with Crippen molar-refractivity contribution < 1.29 is 26.7 Å². The maximum atomic E-state index is 12.9. The van der Waals surface area contributed by atoms with Gasteiger partial charge < -0.3 is 5.32 Å². The van der Waals surface area contributed by atoms with Crippen LogP contribution in [0.15, 0.2) is 24.3 Å². The van der Waals surface area contributed by atoms with Crippen molar-refractivity contribution in [1.82, 2.24) is 5.32 Å². The molecule has 20 heavy (non-hydrogen) atoms. The number of amides is 1. The molecule has 1 N–H and O–H groups in total. The SMILES string of the molecule is CCC(NC(=O)C(F)(F)C(F)(F)F)c1ccc(C)cc1. The van der Waals surface area contributed by atoms with Gasteiger partial charge in [0.1, 0.15) is 0 Å². The monoisotopic (exact) mass is 295 g/mol. The lowest BCUT2D eigenvalue weighted by Crippen LogP contribution is -2.51. The smallest absolute Gasteiger partial charge is 0.344 e. The van der Waals surface area contributed by atoms with E-state index < -0.39 is 24.0 Å². The summed E-state index contributed by atoms with van der Waals surface area (Å²) in [4.78, 5) is 11.1. The fourth-order valence-electron chi connectivity index (χ4n) is 1.60. The normalized spacial score (nSPS) is 13.9. The summed E-state index contributed by atoms with van der Waals surface area (Å²) in [5.41, 5.74) is 1.39. The lowest BCUT2D eigenvalue weighted by Gasteiger charge is -2.23. The maximum absolute atomic E-state index is 12.9. The zero-order valence-corrected chi connectivity index (χ0v) is 10.9. The van der Waals surface area contributed by atoms with Crippen molar-refractivity contribution in [2.75, 3.05) is 0 Å². The highest BCUT2D eigenvalue weighted by Gasteiger charge is 2.63. The molecule has 0 fully saturated rings. The second-order valence-corrected chi connectivity index (χ2v) is 4.42. The molecule has 1 atom stereocenters. The van der Waals surface area contributed by atoms with Gasteiger partial charge in [0.25, 0.3) is 0 Å². The Morgan fingerprint density at radius 1 is 1.15 bits per heavy atom. The summed E-state index contributed by atoms with van der Waals surface area (Å²) in [5.74, 6) is -7.73.